The number of hydrogen-bond acceptors (Lipinski definition) is 4. The van der Waals surface area contributed by atoms with Crippen LogP contribution in [0.2, 0.25) is 0 Å². The topological polar surface area (TPSA) is 89.9 Å². The molecule has 1 amide bonds. The lowest BCUT2D eigenvalue weighted by molar-refractivity contribution is -0.136. The molecule has 0 bridgehead atoms. The third-order valence-electron chi connectivity index (χ3n) is 7.47. The molecule has 0 spiro atoms. The van der Waals surface area contributed by atoms with Crippen molar-refractivity contribution in [3.8, 4) is 5.75 Å². The molecule has 0 aliphatic carbocycles. The molecule has 2 aromatic carbocycles. The van der Waals surface area contributed by atoms with Crippen molar-refractivity contribution in [1.82, 2.24) is 5.32 Å². The lowest BCUT2D eigenvalue weighted by Gasteiger charge is -2.31. The zero-order chi connectivity index (χ0) is 26.5. The van der Waals surface area contributed by atoms with E-state index in [1.165, 1.54) is 42.1 Å². The van der Waals surface area contributed by atoms with Crippen LogP contribution in [0.5, 0.6) is 5.75 Å². The van der Waals surface area contributed by atoms with E-state index in [0.717, 1.165) is 49.0 Å². The molecule has 36 heavy (non-hydrogen) atoms. The first-order valence-electron chi connectivity index (χ1n) is 13.2. The van der Waals surface area contributed by atoms with E-state index < -0.39 is 5.97 Å². The predicted octanol–water partition coefficient (Wildman–Crippen LogP) is 5.58. The predicted molar refractivity (Wildman–Crippen MR) is 145 cm³/mol. The zero-order valence-electron chi connectivity index (χ0n) is 22.5. The maximum Gasteiger partial charge on any atom is 0.307 e. The second-order valence-electron chi connectivity index (χ2n) is 10.9. The SMILES string of the molecule is CCCCCCN1CCc2c(C)c(CC(=O)O)c(C)c(CC(C)(C)CNC(=O)c3ccccc3O)c21. The zero-order valence-corrected chi connectivity index (χ0v) is 22.5. The van der Waals surface area contributed by atoms with Crippen molar-refractivity contribution >= 4 is 17.6 Å². The van der Waals surface area contributed by atoms with E-state index >= 15 is 0 Å². The number of rotatable bonds is 12. The Balaban J connectivity index is 1.89. The van der Waals surface area contributed by atoms with Gasteiger partial charge in [0.1, 0.15) is 5.75 Å². The number of phenolic OH excluding ortho intramolecular Hbond substituents is 1. The minimum atomic E-state index is -0.810. The fourth-order valence-electron chi connectivity index (χ4n) is 5.44. The average Bonchev–Trinajstić information content (AvgIpc) is 3.25. The lowest BCUT2D eigenvalue weighted by Crippen LogP contribution is -2.36. The van der Waals surface area contributed by atoms with Crippen molar-refractivity contribution in [2.75, 3.05) is 24.5 Å². The molecule has 0 atom stereocenters. The lowest BCUT2D eigenvalue weighted by atomic mass is 9.80. The number of anilines is 1. The number of unbranched alkanes of at least 4 members (excludes halogenated alkanes) is 3. The van der Waals surface area contributed by atoms with E-state index in [0.29, 0.717) is 6.54 Å². The summed E-state index contributed by atoms with van der Waals surface area (Å²) in [7, 11) is 0. The average molecular weight is 495 g/mol. The molecule has 1 heterocycles. The van der Waals surface area contributed by atoms with Crippen LogP contribution in [0.4, 0.5) is 5.69 Å². The normalized spacial score (nSPS) is 13.1. The van der Waals surface area contributed by atoms with Gasteiger partial charge in [0.2, 0.25) is 0 Å². The Morgan fingerprint density at radius 2 is 1.78 bits per heavy atom. The summed E-state index contributed by atoms with van der Waals surface area (Å²) in [6.07, 6.45) is 6.52. The number of amides is 1. The van der Waals surface area contributed by atoms with Crippen LogP contribution >= 0.6 is 0 Å². The summed E-state index contributed by atoms with van der Waals surface area (Å²) in [5.74, 6) is -1.14. The number of nitrogens with zero attached hydrogens (tertiary/aromatic N) is 1. The van der Waals surface area contributed by atoms with E-state index in [9.17, 15) is 19.8 Å². The van der Waals surface area contributed by atoms with E-state index in [2.05, 4.69) is 44.8 Å². The molecular formula is C30H42N2O4. The number of aliphatic carboxylic acids is 1. The standard InChI is InChI=1S/C30H42N2O4/c1-6-7-8-11-15-32-16-14-22-20(2)24(17-27(34)35)21(3)25(28(22)32)18-30(4,5)19-31-29(36)23-12-9-10-13-26(23)33/h9-10,12-13,33H,6-8,11,14-19H2,1-5H3,(H,31,36)(H,34,35). The second-order valence-corrected chi connectivity index (χ2v) is 10.9. The van der Waals surface area contributed by atoms with Crippen molar-refractivity contribution in [3.05, 3.63) is 57.6 Å². The molecule has 6 nitrogen and oxygen atoms in total. The fourth-order valence-corrected chi connectivity index (χ4v) is 5.44. The highest BCUT2D eigenvalue weighted by Gasteiger charge is 2.31. The Morgan fingerprint density at radius 3 is 2.44 bits per heavy atom. The summed E-state index contributed by atoms with van der Waals surface area (Å²) in [4.78, 5) is 26.9. The van der Waals surface area contributed by atoms with E-state index in [-0.39, 0.29) is 29.1 Å². The van der Waals surface area contributed by atoms with Crippen molar-refractivity contribution in [3.63, 3.8) is 0 Å². The molecule has 0 unspecified atom stereocenters. The van der Waals surface area contributed by atoms with E-state index in [4.69, 9.17) is 0 Å². The number of carboxylic acid groups (broad SMARTS) is 1. The Hall–Kier alpha value is -3.02. The van der Waals surface area contributed by atoms with Crippen LogP contribution in [0.25, 0.3) is 0 Å². The second kappa shape index (κ2) is 11.8. The summed E-state index contributed by atoms with van der Waals surface area (Å²) < 4.78 is 0. The van der Waals surface area contributed by atoms with Crippen molar-refractivity contribution in [2.24, 2.45) is 5.41 Å². The monoisotopic (exact) mass is 494 g/mol. The Labute approximate surface area is 215 Å². The van der Waals surface area contributed by atoms with Crippen LogP contribution in [0.15, 0.2) is 24.3 Å². The van der Waals surface area contributed by atoms with Gasteiger partial charge in [0.25, 0.3) is 5.91 Å². The number of carbonyl (C=O) groups excluding carboxylic acids is 1. The fraction of sp³-hybridized carbons (Fsp3) is 0.533. The number of phenols is 1. The molecule has 3 rings (SSSR count). The van der Waals surface area contributed by atoms with Crippen LogP contribution in [0.1, 0.15) is 84.6 Å². The smallest absolute Gasteiger partial charge is 0.307 e. The maximum absolute atomic E-state index is 12.7. The van der Waals surface area contributed by atoms with Crippen molar-refractivity contribution < 1.29 is 19.8 Å². The first kappa shape index (κ1) is 27.6. The van der Waals surface area contributed by atoms with Gasteiger partial charge >= 0.3 is 5.97 Å². The van der Waals surface area contributed by atoms with Gasteiger partial charge in [0, 0.05) is 25.3 Å². The van der Waals surface area contributed by atoms with Gasteiger partial charge in [0.05, 0.1) is 12.0 Å². The molecule has 3 N–H and O–H groups in total. The number of hydrogen-bond donors (Lipinski definition) is 3. The summed E-state index contributed by atoms with van der Waals surface area (Å²) in [6, 6.07) is 6.55. The molecule has 0 radical (unpaired) electrons. The first-order chi connectivity index (χ1) is 17.1. The number of carbonyl (C=O) groups is 2. The highest BCUT2D eigenvalue weighted by Crippen LogP contribution is 2.42. The van der Waals surface area contributed by atoms with Gasteiger partial charge in [-0.1, -0.05) is 52.2 Å². The molecular weight excluding hydrogens is 452 g/mol. The number of aromatic hydroxyl groups is 1. The molecule has 1 aliphatic heterocycles. The number of para-hydroxylation sites is 1. The molecule has 6 heteroatoms. The van der Waals surface area contributed by atoms with Crippen LogP contribution in [-0.4, -0.2) is 41.7 Å². The summed E-state index contributed by atoms with van der Waals surface area (Å²) >= 11 is 0. The minimum Gasteiger partial charge on any atom is -0.507 e. The van der Waals surface area contributed by atoms with Gasteiger partial charge < -0.3 is 20.4 Å². The van der Waals surface area contributed by atoms with Crippen LogP contribution in [0.3, 0.4) is 0 Å². The van der Waals surface area contributed by atoms with Gasteiger partial charge in [-0.3, -0.25) is 9.59 Å². The van der Waals surface area contributed by atoms with E-state index in [1.807, 2.05) is 0 Å². The number of carboxylic acids is 1. The Morgan fingerprint density at radius 1 is 1.06 bits per heavy atom. The van der Waals surface area contributed by atoms with Gasteiger partial charge in [-0.2, -0.15) is 0 Å². The molecule has 1 aliphatic rings. The van der Waals surface area contributed by atoms with Crippen molar-refractivity contribution in [1.29, 1.82) is 0 Å². The van der Waals surface area contributed by atoms with Crippen LogP contribution in [-0.2, 0) is 24.1 Å². The largest absolute Gasteiger partial charge is 0.507 e. The minimum absolute atomic E-state index is 0.0267. The Bertz CT molecular complexity index is 1110. The highest BCUT2D eigenvalue weighted by atomic mass is 16.4. The van der Waals surface area contributed by atoms with Crippen molar-refractivity contribution in [2.45, 2.75) is 79.6 Å². The molecule has 196 valence electrons. The number of benzene rings is 2. The third kappa shape index (κ3) is 6.40. The van der Waals surface area contributed by atoms with Gasteiger partial charge in [-0.05, 0) is 78.5 Å². The highest BCUT2D eigenvalue weighted by molar-refractivity contribution is 5.96. The van der Waals surface area contributed by atoms with E-state index in [1.54, 1.807) is 18.2 Å². The molecule has 0 saturated heterocycles. The Kier molecular flexibility index (Phi) is 9.04. The molecule has 2 aromatic rings. The van der Waals surface area contributed by atoms with Crippen LogP contribution in [0, 0.1) is 19.3 Å². The summed E-state index contributed by atoms with van der Waals surface area (Å²) in [5.41, 5.74) is 6.89. The number of nitrogens with one attached hydrogen (secondary N) is 1. The van der Waals surface area contributed by atoms with Gasteiger partial charge in [0.15, 0.2) is 0 Å². The first-order valence-corrected chi connectivity index (χ1v) is 13.2. The quantitative estimate of drug-likeness (QED) is 0.335. The van der Waals surface area contributed by atoms with Gasteiger partial charge in [-0.15, -0.1) is 0 Å². The third-order valence-corrected chi connectivity index (χ3v) is 7.47. The summed E-state index contributed by atoms with van der Waals surface area (Å²) in [5, 5.41) is 22.6. The molecule has 0 aromatic heterocycles. The molecule has 0 saturated carbocycles. The van der Waals surface area contributed by atoms with Gasteiger partial charge in [-0.25, -0.2) is 0 Å². The summed E-state index contributed by atoms with van der Waals surface area (Å²) in [6.45, 7) is 13.0. The number of fused-ring (bicyclic) bond motifs is 1. The molecule has 0 fully saturated rings. The maximum atomic E-state index is 12.7. The van der Waals surface area contributed by atoms with Crippen LogP contribution < -0.4 is 10.2 Å².